The number of ether oxygens (including phenoxy) is 2. The van der Waals surface area contributed by atoms with Gasteiger partial charge in [-0.3, -0.25) is 0 Å². The van der Waals surface area contributed by atoms with Crippen LogP contribution >= 0.6 is 11.6 Å². The number of hydrogen-bond acceptors (Lipinski definition) is 3. The van der Waals surface area contributed by atoms with E-state index < -0.39 is 0 Å². The zero-order chi connectivity index (χ0) is 13.9. The van der Waals surface area contributed by atoms with Crippen LogP contribution in [-0.2, 0) is 16.0 Å². The molecule has 2 aromatic rings. The Kier molecular flexibility index (Phi) is 4.24. The lowest BCUT2D eigenvalue weighted by Gasteiger charge is -2.13. The molecule has 1 aromatic heterocycles. The summed E-state index contributed by atoms with van der Waals surface area (Å²) in [5.74, 6) is 1.02. The Balaban J connectivity index is 1.99. The van der Waals surface area contributed by atoms with Gasteiger partial charge in [-0.15, -0.1) is 0 Å². The van der Waals surface area contributed by atoms with Gasteiger partial charge in [0.05, 0.1) is 11.0 Å². The number of methoxy groups -OCH3 is 1. The molecular weight excluding hydrogens is 276 g/mol. The predicted octanol–water partition coefficient (Wildman–Crippen LogP) is 3.58. The van der Waals surface area contributed by atoms with Crippen molar-refractivity contribution in [2.24, 2.45) is 0 Å². The van der Waals surface area contributed by atoms with Crippen molar-refractivity contribution in [3.8, 4) is 0 Å². The van der Waals surface area contributed by atoms with Gasteiger partial charge >= 0.3 is 0 Å². The number of fused-ring (bicyclic) bond motifs is 1. The van der Waals surface area contributed by atoms with Gasteiger partial charge in [-0.05, 0) is 37.5 Å². The minimum absolute atomic E-state index is 0.115. The van der Waals surface area contributed by atoms with E-state index in [0.29, 0.717) is 0 Å². The van der Waals surface area contributed by atoms with Crippen molar-refractivity contribution < 1.29 is 9.47 Å². The third-order valence-electron chi connectivity index (χ3n) is 3.69. The number of benzene rings is 1. The van der Waals surface area contributed by atoms with Crippen LogP contribution < -0.4 is 0 Å². The molecule has 5 heteroatoms. The number of halogens is 1. The van der Waals surface area contributed by atoms with Crippen molar-refractivity contribution in [1.82, 2.24) is 9.55 Å². The lowest BCUT2D eigenvalue weighted by Crippen LogP contribution is -2.10. The van der Waals surface area contributed by atoms with Crippen LogP contribution in [0.2, 0.25) is 5.02 Å². The number of nitrogens with zero attached hydrogens (tertiary/aromatic N) is 2. The SMILES string of the molecule is COCCCn1c(C2CCCO2)nc2ccc(Cl)cc21. The minimum Gasteiger partial charge on any atom is -0.385 e. The third kappa shape index (κ3) is 2.68. The third-order valence-corrected chi connectivity index (χ3v) is 3.92. The quantitative estimate of drug-likeness (QED) is 0.791. The van der Waals surface area contributed by atoms with E-state index in [4.69, 9.17) is 26.1 Å². The largest absolute Gasteiger partial charge is 0.385 e. The molecule has 0 amide bonds. The number of rotatable bonds is 5. The standard InChI is InChI=1S/C15H19ClN2O2/c1-19-8-3-7-18-13-10-11(16)5-6-12(13)17-15(18)14-4-2-9-20-14/h5-6,10,14H,2-4,7-9H2,1H3. The van der Waals surface area contributed by atoms with Gasteiger partial charge in [0.1, 0.15) is 11.9 Å². The lowest BCUT2D eigenvalue weighted by atomic mass is 10.2. The van der Waals surface area contributed by atoms with E-state index in [9.17, 15) is 0 Å². The fraction of sp³-hybridized carbons (Fsp3) is 0.533. The van der Waals surface area contributed by atoms with Gasteiger partial charge in [0.2, 0.25) is 0 Å². The minimum atomic E-state index is 0.115. The van der Waals surface area contributed by atoms with Crippen LogP contribution in [0.4, 0.5) is 0 Å². The van der Waals surface area contributed by atoms with Crippen LogP contribution in [0.5, 0.6) is 0 Å². The van der Waals surface area contributed by atoms with E-state index >= 15 is 0 Å². The molecule has 108 valence electrons. The first-order valence-electron chi connectivity index (χ1n) is 7.06. The predicted molar refractivity (Wildman–Crippen MR) is 79.2 cm³/mol. The normalized spacial score (nSPS) is 19.0. The van der Waals surface area contributed by atoms with Crippen molar-refractivity contribution in [3.63, 3.8) is 0 Å². The van der Waals surface area contributed by atoms with Crippen molar-refractivity contribution in [3.05, 3.63) is 29.0 Å². The molecule has 1 aromatic carbocycles. The molecule has 0 saturated carbocycles. The summed E-state index contributed by atoms with van der Waals surface area (Å²) >= 11 is 6.12. The summed E-state index contributed by atoms with van der Waals surface area (Å²) in [7, 11) is 1.73. The first-order valence-corrected chi connectivity index (χ1v) is 7.43. The summed E-state index contributed by atoms with van der Waals surface area (Å²) in [5.41, 5.74) is 2.07. The second-order valence-corrected chi connectivity index (χ2v) is 5.54. The summed E-state index contributed by atoms with van der Waals surface area (Å²) in [6.45, 7) is 2.44. The fourth-order valence-electron chi connectivity index (χ4n) is 2.74. The highest BCUT2D eigenvalue weighted by molar-refractivity contribution is 6.31. The smallest absolute Gasteiger partial charge is 0.139 e. The molecule has 1 aliphatic heterocycles. The first-order chi connectivity index (χ1) is 9.79. The molecule has 2 heterocycles. The van der Waals surface area contributed by atoms with E-state index in [0.717, 1.165) is 60.9 Å². The van der Waals surface area contributed by atoms with Crippen molar-refractivity contribution in [2.75, 3.05) is 20.3 Å². The van der Waals surface area contributed by atoms with Gasteiger partial charge in [-0.2, -0.15) is 0 Å². The molecular formula is C15H19ClN2O2. The molecule has 0 radical (unpaired) electrons. The summed E-state index contributed by atoms with van der Waals surface area (Å²) < 4.78 is 13.2. The van der Waals surface area contributed by atoms with Crippen LogP contribution in [-0.4, -0.2) is 29.9 Å². The van der Waals surface area contributed by atoms with Gasteiger partial charge in [-0.25, -0.2) is 4.98 Å². The van der Waals surface area contributed by atoms with Gasteiger partial charge in [0, 0.05) is 31.9 Å². The molecule has 20 heavy (non-hydrogen) atoms. The van der Waals surface area contributed by atoms with E-state index in [1.54, 1.807) is 7.11 Å². The zero-order valence-electron chi connectivity index (χ0n) is 11.6. The number of hydrogen-bond donors (Lipinski definition) is 0. The Morgan fingerprint density at radius 3 is 3.15 bits per heavy atom. The highest BCUT2D eigenvalue weighted by Gasteiger charge is 2.24. The van der Waals surface area contributed by atoms with Crippen molar-refractivity contribution in [2.45, 2.75) is 31.9 Å². The average molecular weight is 295 g/mol. The van der Waals surface area contributed by atoms with E-state index in [-0.39, 0.29) is 6.10 Å². The van der Waals surface area contributed by atoms with Crippen LogP contribution in [0.3, 0.4) is 0 Å². The monoisotopic (exact) mass is 294 g/mol. The van der Waals surface area contributed by atoms with Crippen molar-refractivity contribution >= 4 is 22.6 Å². The molecule has 1 atom stereocenters. The average Bonchev–Trinajstić information content (AvgIpc) is 3.07. The van der Waals surface area contributed by atoms with Crippen LogP contribution in [0.25, 0.3) is 11.0 Å². The lowest BCUT2D eigenvalue weighted by molar-refractivity contribution is 0.101. The molecule has 0 spiro atoms. The van der Waals surface area contributed by atoms with Gasteiger partial charge in [-0.1, -0.05) is 11.6 Å². The Morgan fingerprint density at radius 1 is 1.50 bits per heavy atom. The maximum absolute atomic E-state index is 6.12. The van der Waals surface area contributed by atoms with Gasteiger partial charge < -0.3 is 14.0 Å². The van der Waals surface area contributed by atoms with Gasteiger partial charge in [0.15, 0.2) is 0 Å². The van der Waals surface area contributed by atoms with E-state index in [2.05, 4.69) is 4.57 Å². The molecule has 1 aliphatic rings. The molecule has 0 N–H and O–H groups in total. The molecule has 0 bridgehead atoms. The highest BCUT2D eigenvalue weighted by atomic mass is 35.5. The first kappa shape index (κ1) is 13.9. The van der Waals surface area contributed by atoms with Crippen molar-refractivity contribution in [1.29, 1.82) is 0 Å². The molecule has 3 rings (SSSR count). The number of aryl methyl sites for hydroxylation is 1. The summed E-state index contributed by atoms with van der Waals surface area (Å²) in [4.78, 5) is 4.75. The molecule has 4 nitrogen and oxygen atoms in total. The Labute approximate surface area is 123 Å². The molecule has 1 saturated heterocycles. The maximum atomic E-state index is 6.12. The topological polar surface area (TPSA) is 36.3 Å². The summed E-state index contributed by atoms with van der Waals surface area (Å²) in [6, 6.07) is 5.84. The Morgan fingerprint density at radius 2 is 2.40 bits per heavy atom. The zero-order valence-corrected chi connectivity index (χ0v) is 12.4. The maximum Gasteiger partial charge on any atom is 0.139 e. The molecule has 1 fully saturated rings. The van der Waals surface area contributed by atoms with Crippen LogP contribution in [0.1, 0.15) is 31.2 Å². The van der Waals surface area contributed by atoms with E-state index in [1.807, 2.05) is 18.2 Å². The highest BCUT2D eigenvalue weighted by Crippen LogP contribution is 2.31. The van der Waals surface area contributed by atoms with Crippen LogP contribution in [0.15, 0.2) is 18.2 Å². The fourth-order valence-corrected chi connectivity index (χ4v) is 2.91. The Bertz CT molecular complexity index is 591. The second-order valence-electron chi connectivity index (χ2n) is 5.10. The number of imidazole rings is 1. The number of aromatic nitrogens is 2. The molecule has 1 unspecified atom stereocenters. The van der Waals surface area contributed by atoms with Gasteiger partial charge in [0.25, 0.3) is 0 Å². The van der Waals surface area contributed by atoms with Crippen LogP contribution in [0, 0.1) is 0 Å². The second kappa shape index (κ2) is 6.12. The molecule has 0 aliphatic carbocycles. The summed E-state index contributed by atoms with van der Waals surface area (Å²) in [6.07, 6.45) is 3.21. The summed E-state index contributed by atoms with van der Waals surface area (Å²) in [5, 5.41) is 0.740. The van der Waals surface area contributed by atoms with E-state index in [1.165, 1.54) is 0 Å². The Hall–Kier alpha value is -1.10.